The standard InChI is InChI=1S/C16H21NO2/c1-17-12-14(11-16-7-4-8-19-16)9-13-5-3-6-15(10-13)18-2/h3-8,10,14,17H,9,11-12H2,1-2H3. The molecule has 1 atom stereocenters. The Labute approximate surface area is 114 Å². The van der Waals surface area contributed by atoms with E-state index in [1.807, 2.05) is 31.3 Å². The number of rotatable bonds is 7. The van der Waals surface area contributed by atoms with Crippen molar-refractivity contribution in [3.8, 4) is 5.75 Å². The van der Waals surface area contributed by atoms with E-state index in [2.05, 4.69) is 17.4 Å². The average molecular weight is 259 g/mol. The highest BCUT2D eigenvalue weighted by Crippen LogP contribution is 2.18. The van der Waals surface area contributed by atoms with E-state index < -0.39 is 0 Å². The molecule has 0 saturated carbocycles. The molecular weight excluding hydrogens is 238 g/mol. The third-order valence-electron chi connectivity index (χ3n) is 3.22. The summed E-state index contributed by atoms with van der Waals surface area (Å²) >= 11 is 0. The normalized spacial score (nSPS) is 12.3. The monoisotopic (exact) mass is 259 g/mol. The Hall–Kier alpha value is -1.74. The molecule has 0 aliphatic heterocycles. The van der Waals surface area contributed by atoms with E-state index in [0.717, 1.165) is 30.9 Å². The van der Waals surface area contributed by atoms with Crippen LogP contribution in [0.2, 0.25) is 0 Å². The molecule has 3 heteroatoms. The first kappa shape index (κ1) is 13.7. The SMILES string of the molecule is CNCC(Cc1cccc(OC)c1)Cc1ccco1. The summed E-state index contributed by atoms with van der Waals surface area (Å²) in [7, 11) is 3.69. The molecular formula is C16H21NO2. The second-order valence-corrected chi connectivity index (χ2v) is 4.76. The van der Waals surface area contributed by atoms with E-state index in [4.69, 9.17) is 9.15 Å². The number of hydrogen-bond acceptors (Lipinski definition) is 3. The zero-order valence-electron chi connectivity index (χ0n) is 11.6. The first-order chi connectivity index (χ1) is 9.31. The van der Waals surface area contributed by atoms with Gasteiger partial charge in [0, 0.05) is 6.42 Å². The lowest BCUT2D eigenvalue weighted by Gasteiger charge is -2.15. The number of furan rings is 1. The predicted molar refractivity (Wildman–Crippen MR) is 76.5 cm³/mol. The molecule has 0 saturated heterocycles. The molecule has 0 spiro atoms. The maximum absolute atomic E-state index is 5.44. The van der Waals surface area contributed by atoms with Gasteiger partial charge < -0.3 is 14.5 Å². The molecule has 102 valence electrons. The van der Waals surface area contributed by atoms with Gasteiger partial charge in [0.15, 0.2) is 0 Å². The fourth-order valence-electron chi connectivity index (χ4n) is 2.35. The molecule has 2 aromatic rings. The van der Waals surface area contributed by atoms with Crippen LogP contribution < -0.4 is 10.1 Å². The molecule has 1 N–H and O–H groups in total. The van der Waals surface area contributed by atoms with Crippen molar-refractivity contribution >= 4 is 0 Å². The van der Waals surface area contributed by atoms with Gasteiger partial charge in [0.25, 0.3) is 0 Å². The molecule has 0 amide bonds. The number of methoxy groups -OCH3 is 1. The molecule has 1 aromatic heterocycles. The largest absolute Gasteiger partial charge is 0.497 e. The Morgan fingerprint density at radius 2 is 2.11 bits per heavy atom. The average Bonchev–Trinajstić information content (AvgIpc) is 2.92. The molecule has 19 heavy (non-hydrogen) atoms. The first-order valence-electron chi connectivity index (χ1n) is 6.61. The Bertz CT molecular complexity index is 479. The van der Waals surface area contributed by atoms with E-state index in [1.54, 1.807) is 13.4 Å². The van der Waals surface area contributed by atoms with Gasteiger partial charge >= 0.3 is 0 Å². The molecule has 0 fully saturated rings. The van der Waals surface area contributed by atoms with Crippen LogP contribution >= 0.6 is 0 Å². The summed E-state index contributed by atoms with van der Waals surface area (Å²) in [4.78, 5) is 0. The maximum Gasteiger partial charge on any atom is 0.119 e. The molecule has 0 aliphatic rings. The topological polar surface area (TPSA) is 34.4 Å². The molecule has 1 unspecified atom stereocenters. The summed E-state index contributed by atoms with van der Waals surface area (Å²) in [6, 6.07) is 12.2. The van der Waals surface area contributed by atoms with Crippen LogP contribution in [0.1, 0.15) is 11.3 Å². The fraction of sp³-hybridized carbons (Fsp3) is 0.375. The number of hydrogen-bond donors (Lipinski definition) is 1. The highest BCUT2D eigenvalue weighted by molar-refractivity contribution is 5.28. The van der Waals surface area contributed by atoms with Gasteiger partial charge in [-0.3, -0.25) is 0 Å². The number of benzene rings is 1. The summed E-state index contributed by atoms with van der Waals surface area (Å²) in [5, 5.41) is 3.26. The van der Waals surface area contributed by atoms with Gasteiger partial charge in [0.1, 0.15) is 11.5 Å². The van der Waals surface area contributed by atoms with Crippen molar-refractivity contribution in [1.82, 2.24) is 5.32 Å². The lowest BCUT2D eigenvalue weighted by atomic mass is 9.95. The summed E-state index contributed by atoms with van der Waals surface area (Å²) in [5.41, 5.74) is 1.30. The Kier molecular flexibility index (Phi) is 5.04. The second kappa shape index (κ2) is 7.00. The highest BCUT2D eigenvalue weighted by atomic mass is 16.5. The number of nitrogens with one attached hydrogen (secondary N) is 1. The smallest absolute Gasteiger partial charge is 0.119 e. The van der Waals surface area contributed by atoms with Gasteiger partial charge in [-0.1, -0.05) is 12.1 Å². The third-order valence-corrected chi connectivity index (χ3v) is 3.22. The van der Waals surface area contributed by atoms with Gasteiger partial charge in [0.2, 0.25) is 0 Å². The van der Waals surface area contributed by atoms with Crippen LogP contribution in [-0.2, 0) is 12.8 Å². The first-order valence-corrected chi connectivity index (χ1v) is 6.61. The van der Waals surface area contributed by atoms with Crippen molar-refractivity contribution in [1.29, 1.82) is 0 Å². The highest BCUT2D eigenvalue weighted by Gasteiger charge is 2.12. The van der Waals surface area contributed by atoms with Crippen LogP contribution in [0.25, 0.3) is 0 Å². The van der Waals surface area contributed by atoms with Crippen LogP contribution in [0.3, 0.4) is 0 Å². The van der Waals surface area contributed by atoms with E-state index >= 15 is 0 Å². The summed E-state index contributed by atoms with van der Waals surface area (Å²) in [6.07, 6.45) is 3.70. The summed E-state index contributed by atoms with van der Waals surface area (Å²) in [6.45, 7) is 0.970. The molecule has 1 aromatic carbocycles. The second-order valence-electron chi connectivity index (χ2n) is 4.76. The molecule has 1 heterocycles. The molecule has 3 nitrogen and oxygen atoms in total. The van der Waals surface area contributed by atoms with E-state index in [9.17, 15) is 0 Å². The van der Waals surface area contributed by atoms with Crippen molar-refractivity contribution in [2.45, 2.75) is 12.8 Å². The molecule has 0 aliphatic carbocycles. The van der Waals surface area contributed by atoms with Crippen LogP contribution in [0.5, 0.6) is 5.75 Å². The van der Waals surface area contributed by atoms with E-state index in [0.29, 0.717) is 5.92 Å². The minimum atomic E-state index is 0.517. The van der Waals surface area contributed by atoms with Crippen LogP contribution in [0.4, 0.5) is 0 Å². The lowest BCUT2D eigenvalue weighted by Crippen LogP contribution is -2.22. The molecule has 0 radical (unpaired) electrons. The Morgan fingerprint density at radius 3 is 2.79 bits per heavy atom. The van der Waals surface area contributed by atoms with Crippen LogP contribution in [0, 0.1) is 5.92 Å². The quantitative estimate of drug-likeness (QED) is 0.830. The van der Waals surface area contributed by atoms with Crippen molar-refractivity contribution < 1.29 is 9.15 Å². The van der Waals surface area contributed by atoms with Crippen molar-refractivity contribution in [3.05, 3.63) is 54.0 Å². The van der Waals surface area contributed by atoms with E-state index in [1.165, 1.54) is 5.56 Å². The van der Waals surface area contributed by atoms with Crippen LogP contribution in [0.15, 0.2) is 47.1 Å². The summed E-state index contributed by atoms with van der Waals surface area (Å²) in [5.74, 6) is 2.48. The molecule has 0 bridgehead atoms. The Balaban J connectivity index is 2.02. The van der Waals surface area contributed by atoms with Gasteiger partial charge in [-0.15, -0.1) is 0 Å². The predicted octanol–water partition coefficient (Wildman–Crippen LogP) is 2.91. The minimum Gasteiger partial charge on any atom is -0.497 e. The van der Waals surface area contributed by atoms with Crippen molar-refractivity contribution in [3.63, 3.8) is 0 Å². The van der Waals surface area contributed by atoms with Gasteiger partial charge in [-0.2, -0.15) is 0 Å². The maximum atomic E-state index is 5.44. The van der Waals surface area contributed by atoms with Crippen molar-refractivity contribution in [2.75, 3.05) is 20.7 Å². The zero-order chi connectivity index (χ0) is 13.5. The lowest BCUT2D eigenvalue weighted by molar-refractivity contribution is 0.410. The minimum absolute atomic E-state index is 0.517. The zero-order valence-corrected chi connectivity index (χ0v) is 11.6. The molecule has 2 rings (SSSR count). The fourth-order valence-corrected chi connectivity index (χ4v) is 2.35. The summed E-state index contributed by atoms with van der Waals surface area (Å²) < 4.78 is 10.7. The van der Waals surface area contributed by atoms with Gasteiger partial charge in [-0.25, -0.2) is 0 Å². The Morgan fingerprint density at radius 1 is 1.21 bits per heavy atom. The van der Waals surface area contributed by atoms with Gasteiger partial charge in [0.05, 0.1) is 13.4 Å². The van der Waals surface area contributed by atoms with Crippen LogP contribution in [-0.4, -0.2) is 20.7 Å². The van der Waals surface area contributed by atoms with E-state index in [-0.39, 0.29) is 0 Å². The number of ether oxygens (including phenoxy) is 1. The van der Waals surface area contributed by atoms with Gasteiger partial charge in [-0.05, 0) is 55.8 Å². The third kappa shape index (κ3) is 4.14. The van der Waals surface area contributed by atoms with Crippen molar-refractivity contribution in [2.24, 2.45) is 5.92 Å².